The van der Waals surface area contributed by atoms with Crippen molar-refractivity contribution in [2.45, 2.75) is 64.3 Å². The van der Waals surface area contributed by atoms with Gasteiger partial charge in [0, 0.05) is 56.9 Å². The molecule has 2 aliphatic rings. The van der Waals surface area contributed by atoms with Crippen LogP contribution in [-0.2, 0) is 19.6 Å². The Morgan fingerprint density at radius 1 is 0.736 bits per heavy atom. The van der Waals surface area contributed by atoms with E-state index in [2.05, 4.69) is 25.1 Å². The Kier molecular flexibility index (Phi) is 12.8. The van der Waals surface area contributed by atoms with Crippen molar-refractivity contribution in [3.05, 3.63) is 105 Å². The maximum atomic E-state index is 13.7. The third-order valence-corrected chi connectivity index (χ3v) is 10.4. The molecule has 0 bridgehead atoms. The van der Waals surface area contributed by atoms with E-state index in [0.29, 0.717) is 43.0 Å². The average Bonchev–Trinajstić information content (AvgIpc) is 3.18. The van der Waals surface area contributed by atoms with Crippen LogP contribution in [-0.4, -0.2) is 94.5 Å². The molecule has 0 atom stereocenters. The van der Waals surface area contributed by atoms with Gasteiger partial charge in [-0.05, 0) is 100 Å². The number of likely N-dealkylation sites (tertiary alicyclic amines) is 2. The molecule has 0 saturated carbocycles. The van der Waals surface area contributed by atoms with Gasteiger partial charge < -0.3 is 39.5 Å². The lowest BCUT2D eigenvalue weighted by Crippen LogP contribution is -2.43. The SMILES string of the molecule is COc1ccc2ncc(=O)n(CCN3CCC(N)CC3)c2c1.COc1ccc2ncc(=O)n(CCN3CCC(NCc4ccc(C)c(F)c4)CC3)c2c1. The number of nitrogens with zero attached hydrogens (tertiary/aromatic N) is 6. The minimum atomic E-state index is -0.148. The van der Waals surface area contributed by atoms with E-state index < -0.39 is 0 Å². The van der Waals surface area contributed by atoms with Crippen molar-refractivity contribution in [3.63, 3.8) is 0 Å². The number of methoxy groups -OCH3 is 2. The van der Waals surface area contributed by atoms with Crippen molar-refractivity contribution in [2.24, 2.45) is 5.73 Å². The van der Waals surface area contributed by atoms with E-state index in [-0.39, 0.29) is 16.9 Å². The molecule has 0 amide bonds. The molecule has 0 radical (unpaired) electrons. The molecule has 2 aromatic heterocycles. The number of halogens is 1. The van der Waals surface area contributed by atoms with Gasteiger partial charge in [0.25, 0.3) is 11.1 Å². The van der Waals surface area contributed by atoms with Gasteiger partial charge in [0.15, 0.2) is 0 Å². The molecule has 12 nitrogen and oxygen atoms in total. The third-order valence-electron chi connectivity index (χ3n) is 10.4. The fourth-order valence-electron chi connectivity index (χ4n) is 7.03. The van der Waals surface area contributed by atoms with Gasteiger partial charge in [-0.2, -0.15) is 0 Å². The molecule has 3 aromatic carbocycles. The topological polar surface area (TPSA) is 133 Å². The molecule has 4 heterocycles. The molecule has 7 rings (SSSR count). The van der Waals surface area contributed by atoms with Crippen LogP contribution in [0.3, 0.4) is 0 Å². The first-order chi connectivity index (χ1) is 25.7. The van der Waals surface area contributed by atoms with Crippen LogP contribution in [0, 0.1) is 12.7 Å². The number of hydrogen-bond acceptors (Lipinski definition) is 10. The maximum absolute atomic E-state index is 13.7. The summed E-state index contributed by atoms with van der Waals surface area (Å²) in [4.78, 5) is 37.8. The number of piperidine rings is 2. The van der Waals surface area contributed by atoms with Crippen LogP contribution in [0.1, 0.15) is 36.8 Å². The number of aryl methyl sites for hydroxylation is 1. The molecule has 2 saturated heterocycles. The Hall–Kier alpha value is -4.69. The summed E-state index contributed by atoms with van der Waals surface area (Å²) in [5.41, 5.74) is 10.6. The summed E-state index contributed by atoms with van der Waals surface area (Å²) in [5, 5.41) is 3.55. The van der Waals surface area contributed by atoms with E-state index in [1.54, 1.807) is 36.3 Å². The van der Waals surface area contributed by atoms with E-state index in [9.17, 15) is 14.0 Å². The predicted molar refractivity (Wildman–Crippen MR) is 206 cm³/mol. The fourth-order valence-corrected chi connectivity index (χ4v) is 7.03. The Morgan fingerprint density at radius 3 is 1.74 bits per heavy atom. The molecule has 2 fully saturated rings. The lowest BCUT2D eigenvalue weighted by molar-refractivity contribution is 0.191. The molecule has 2 aliphatic heterocycles. The highest BCUT2D eigenvalue weighted by atomic mass is 19.1. The van der Waals surface area contributed by atoms with Crippen LogP contribution in [0.25, 0.3) is 22.1 Å². The minimum Gasteiger partial charge on any atom is -0.497 e. The summed E-state index contributed by atoms with van der Waals surface area (Å²) in [6, 6.07) is 17.4. The monoisotopic (exact) mass is 726 g/mol. The van der Waals surface area contributed by atoms with Crippen molar-refractivity contribution in [1.82, 2.24) is 34.2 Å². The minimum absolute atomic E-state index is 0.0746. The van der Waals surface area contributed by atoms with Gasteiger partial charge in [0.05, 0.1) is 48.7 Å². The van der Waals surface area contributed by atoms with Crippen molar-refractivity contribution in [3.8, 4) is 11.5 Å². The molecule has 0 aliphatic carbocycles. The van der Waals surface area contributed by atoms with Gasteiger partial charge in [-0.25, -0.2) is 14.4 Å². The third kappa shape index (κ3) is 9.85. The molecule has 3 N–H and O–H groups in total. The van der Waals surface area contributed by atoms with Gasteiger partial charge >= 0.3 is 0 Å². The summed E-state index contributed by atoms with van der Waals surface area (Å²) in [6.45, 7) is 9.34. The van der Waals surface area contributed by atoms with Crippen LogP contribution >= 0.6 is 0 Å². The Morgan fingerprint density at radius 2 is 1.25 bits per heavy atom. The highest BCUT2D eigenvalue weighted by Gasteiger charge is 2.20. The summed E-state index contributed by atoms with van der Waals surface area (Å²) in [6.07, 6.45) is 6.90. The second kappa shape index (κ2) is 17.9. The predicted octanol–water partition coefficient (Wildman–Crippen LogP) is 3.94. The van der Waals surface area contributed by atoms with Crippen molar-refractivity contribution in [1.29, 1.82) is 0 Å². The Bertz CT molecular complexity index is 2110. The second-order valence-electron chi connectivity index (χ2n) is 14.0. The number of nitrogens with one attached hydrogen (secondary N) is 1. The molecule has 13 heteroatoms. The molecule has 0 unspecified atom stereocenters. The zero-order valence-electron chi connectivity index (χ0n) is 31.0. The van der Waals surface area contributed by atoms with E-state index in [4.69, 9.17) is 15.2 Å². The fraction of sp³-hybridized carbons (Fsp3) is 0.450. The Labute approximate surface area is 309 Å². The number of benzene rings is 3. The standard InChI is InChI=1S/C24H29FN4O2.C16H22N4O2/c1-17-3-4-18(13-21(17)25)15-26-19-7-9-28(10-8-19)11-12-29-23-14-20(31-2)5-6-22(23)27-16-24(29)30;1-22-13-2-3-14-15(10-13)20(16(21)11-18-14)9-8-19-6-4-12(17)5-7-19/h3-6,13-14,16,19,26H,7-12,15H2,1-2H3;2-3,10-12H,4-9,17H2,1H3. The molecule has 282 valence electrons. The van der Waals surface area contributed by atoms with Crippen LogP contribution in [0.4, 0.5) is 4.39 Å². The van der Waals surface area contributed by atoms with Gasteiger partial charge in [0.1, 0.15) is 17.3 Å². The first-order valence-corrected chi connectivity index (χ1v) is 18.5. The molecule has 0 spiro atoms. The average molecular weight is 727 g/mol. The number of rotatable bonds is 11. The van der Waals surface area contributed by atoms with Crippen molar-refractivity contribution in [2.75, 3.05) is 53.5 Å². The largest absolute Gasteiger partial charge is 0.497 e. The first kappa shape index (κ1) is 38.0. The van der Waals surface area contributed by atoms with Crippen molar-refractivity contribution < 1.29 is 13.9 Å². The smallest absolute Gasteiger partial charge is 0.269 e. The molecular weight excluding hydrogens is 675 g/mol. The molecule has 5 aromatic rings. The first-order valence-electron chi connectivity index (χ1n) is 18.5. The van der Waals surface area contributed by atoms with E-state index in [1.165, 1.54) is 12.4 Å². The second-order valence-corrected chi connectivity index (χ2v) is 14.0. The highest BCUT2D eigenvalue weighted by molar-refractivity contribution is 5.77. The van der Waals surface area contributed by atoms with Crippen LogP contribution < -0.4 is 31.6 Å². The number of aromatic nitrogens is 4. The molecular formula is C40H51FN8O4. The molecule has 53 heavy (non-hydrogen) atoms. The highest BCUT2D eigenvalue weighted by Crippen LogP contribution is 2.20. The van der Waals surface area contributed by atoms with Crippen LogP contribution in [0.2, 0.25) is 0 Å². The lowest BCUT2D eigenvalue weighted by Gasteiger charge is -2.32. The summed E-state index contributed by atoms with van der Waals surface area (Å²) in [5.74, 6) is 1.30. The Balaban J connectivity index is 0.000000192. The van der Waals surface area contributed by atoms with E-state index >= 15 is 0 Å². The van der Waals surface area contributed by atoms with Gasteiger partial charge in [-0.15, -0.1) is 0 Å². The van der Waals surface area contributed by atoms with E-state index in [0.717, 1.165) is 98.3 Å². The number of ether oxygens (including phenoxy) is 2. The quantitative estimate of drug-likeness (QED) is 0.206. The van der Waals surface area contributed by atoms with Crippen molar-refractivity contribution >= 4 is 22.1 Å². The maximum Gasteiger partial charge on any atom is 0.269 e. The lowest BCUT2D eigenvalue weighted by atomic mass is 10.0. The number of fused-ring (bicyclic) bond motifs is 2. The van der Waals surface area contributed by atoms with Crippen LogP contribution in [0.15, 0.2) is 76.6 Å². The zero-order chi connectivity index (χ0) is 37.3. The van der Waals surface area contributed by atoms with E-state index in [1.807, 2.05) is 48.5 Å². The van der Waals surface area contributed by atoms with Crippen LogP contribution in [0.5, 0.6) is 11.5 Å². The van der Waals surface area contributed by atoms with Gasteiger partial charge in [0.2, 0.25) is 0 Å². The number of nitrogens with two attached hydrogens (primary N) is 1. The van der Waals surface area contributed by atoms with Gasteiger partial charge in [-0.3, -0.25) is 9.59 Å². The normalized spacial score (nSPS) is 16.1. The number of hydrogen-bond donors (Lipinski definition) is 2. The van der Waals surface area contributed by atoms with Gasteiger partial charge in [-0.1, -0.05) is 12.1 Å². The summed E-state index contributed by atoms with van der Waals surface area (Å²) >= 11 is 0. The summed E-state index contributed by atoms with van der Waals surface area (Å²) in [7, 11) is 3.24. The zero-order valence-corrected chi connectivity index (χ0v) is 31.0. The summed E-state index contributed by atoms with van der Waals surface area (Å²) < 4.78 is 27.8.